The van der Waals surface area contributed by atoms with E-state index in [1.54, 1.807) is 25.7 Å². The third-order valence-corrected chi connectivity index (χ3v) is 5.44. The second-order valence-corrected chi connectivity index (χ2v) is 7.54. The van der Waals surface area contributed by atoms with E-state index < -0.39 is 6.09 Å². The Morgan fingerprint density at radius 1 is 1.39 bits per heavy atom. The van der Waals surface area contributed by atoms with Gasteiger partial charge < -0.3 is 15.4 Å². The highest BCUT2D eigenvalue weighted by Gasteiger charge is 2.29. The van der Waals surface area contributed by atoms with Gasteiger partial charge in [-0.3, -0.25) is 9.98 Å². The fourth-order valence-corrected chi connectivity index (χ4v) is 3.80. The number of hydrogen-bond donors (Lipinski definition) is 2. The summed E-state index contributed by atoms with van der Waals surface area (Å²) in [5, 5.41) is 10.8. The van der Waals surface area contributed by atoms with Crippen molar-refractivity contribution < 1.29 is 9.53 Å². The van der Waals surface area contributed by atoms with E-state index >= 15 is 0 Å². The zero-order valence-electron chi connectivity index (χ0n) is 17.5. The summed E-state index contributed by atoms with van der Waals surface area (Å²) in [6.45, 7) is 0.612. The largest absolute Gasteiger partial charge is 0.453 e. The van der Waals surface area contributed by atoms with E-state index in [4.69, 9.17) is 6.42 Å². The standard InChI is InChI=1S/C23H24N6O2/c1-4-17-14-25-21(22-6-5-19-9-16(11-24-2)13-27-29(19)22)10-20(17)28-18-7-15(8-18)12-26-23(30)31-3/h1,5-6,9-11,13-15,18H,7-8,12H2,2-3H3,(H,25,28)(H,26,30). The Balaban J connectivity index is 1.51. The minimum atomic E-state index is -0.396. The highest BCUT2D eigenvalue weighted by Crippen LogP contribution is 2.32. The lowest BCUT2D eigenvalue weighted by molar-refractivity contribution is 0.164. The van der Waals surface area contributed by atoms with E-state index in [9.17, 15) is 4.79 Å². The van der Waals surface area contributed by atoms with Crippen LogP contribution in [0.5, 0.6) is 0 Å². The van der Waals surface area contributed by atoms with Crippen LogP contribution in [-0.2, 0) is 4.74 Å². The third-order valence-electron chi connectivity index (χ3n) is 5.44. The second kappa shape index (κ2) is 8.88. The van der Waals surface area contributed by atoms with Gasteiger partial charge >= 0.3 is 6.09 Å². The molecular weight excluding hydrogens is 392 g/mol. The van der Waals surface area contributed by atoms with Crippen LogP contribution < -0.4 is 10.6 Å². The van der Waals surface area contributed by atoms with Gasteiger partial charge in [-0.2, -0.15) is 5.10 Å². The van der Waals surface area contributed by atoms with E-state index in [0.29, 0.717) is 18.5 Å². The molecule has 0 radical (unpaired) electrons. The summed E-state index contributed by atoms with van der Waals surface area (Å²) in [7, 11) is 3.10. The molecule has 1 fully saturated rings. The number of pyridine rings is 1. The lowest BCUT2D eigenvalue weighted by Crippen LogP contribution is -2.42. The molecule has 0 atom stereocenters. The lowest BCUT2D eigenvalue weighted by atomic mass is 9.80. The van der Waals surface area contributed by atoms with Gasteiger partial charge in [0.1, 0.15) is 0 Å². The molecule has 0 unspecified atom stereocenters. The van der Waals surface area contributed by atoms with Crippen molar-refractivity contribution in [1.29, 1.82) is 0 Å². The van der Waals surface area contributed by atoms with E-state index in [-0.39, 0.29) is 0 Å². The Bertz CT molecular complexity index is 1170. The number of amides is 1. The van der Waals surface area contributed by atoms with Crippen LogP contribution >= 0.6 is 0 Å². The lowest BCUT2D eigenvalue weighted by Gasteiger charge is -2.36. The highest BCUT2D eigenvalue weighted by molar-refractivity contribution is 5.81. The molecular formula is C23H24N6O2. The number of nitrogens with one attached hydrogen (secondary N) is 2. The second-order valence-electron chi connectivity index (χ2n) is 7.54. The molecule has 3 aromatic rings. The van der Waals surface area contributed by atoms with Gasteiger partial charge in [0.05, 0.1) is 41.5 Å². The summed E-state index contributed by atoms with van der Waals surface area (Å²) in [5.41, 5.74) is 5.17. The number of ether oxygens (including phenoxy) is 1. The first-order chi connectivity index (χ1) is 15.1. The smallest absolute Gasteiger partial charge is 0.406 e. The number of methoxy groups -OCH3 is 1. The number of rotatable bonds is 6. The first kappa shape index (κ1) is 20.4. The van der Waals surface area contributed by atoms with Crippen LogP contribution in [0.1, 0.15) is 24.0 Å². The highest BCUT2D eigenvalue weighted by atomic mass is 16.5. The number of carbonyl (C=O) groups is 1. The maximum Gasteiger partial charge on any atom is 0.406 e. The van der Waals surface area contributed by atoms with Crippen molar-refractivity contribution in [3.05, 3.63) is 47.8 Å². The molecule has 31 heavy (non-hydrogen) atoms. The van der Waals surface area contributed by atoms with Gasteiger partial charge in [0, 0.05) is 37.6 Å². The van der Waals surface area contributed by atoms with Gasteiger partial charge in [0.2, 0.25) is 0 Å². The SMILES string of the molecule is C#Cc1cnc(-c2ccc3cc(C=NC)cnn23)cc1NC1CC(CNC(=O)OC)C1. The molecule has 0 spiro atoms. The summed E-state index contributed by atoms with van der Waals surface area (Å²) >= 11 is 0. The van der Waals surface area contributed by atoms with Crippen LogP contribution in [0.15, 0.2) is 41.7 Å². The summed E-state index contributed by atoms with van der Waals surface area (Å²) < 4.78 is 6.47. The van der Waals surface area contributed by atoms with E-state index in [2.05, 4.69) is 36.4 Å². The van der Waals surface area contributed by atoms with Crippen molar-refractivity contribution in [3.8, 4) is 23.7 Å². The molecule has 0 aliphatic heterocycles. The van der Waals surface area contributed by atoms with Gasteiger partial charge in [-0.25, -0.2) is 9.31 Å². The van der Waals surface area contributed by atoms with Gasteiger partial charge in [0.25, 0.3) is 0 Å². The van der Waals surface area contributed by atoms with Crippen LogP contribution in [0.25, 0.3) is 16.9 Å². The first-order valence-corrected chi connectivity index (χ1v) is 10.1. The fourth-order valence-electron chi connectivity index (χ4n) is 3.80. The van der Waals surface area contributed by atoms with E-state index in [1.165, 1.54) is 7.11 Å². The fraction of sp³-hybridized carbons (Fsp3) is 0.304. The first-order valence-electron chi connectivity index (χ1n) is 10.1. The molecule has 8 heteroatoms. The molecule has 0 aromatic carbocycles. The molecule has 1 saturated carbocycles. The van der Waals surface area contributed by atoms with Crippen LogP contribution in [0, 0.1) is 18.3 Å². The van der Waals surface area contributed by atoms with Gasteiger partial charge in [-0.1, -0.05) is 5.92 Å². The van der Waals surface area contributed by atoms with Crippen molar-refractivity contribution >= 4 is 23.5 Å². The monoisotopic (exact) mass is 416 g/mol. The molecule has 8 nitrogen and oxygen atoms in total. The molecule has 3 heterocycles. The number of carbonyl (C=O) groups excluding carboxylic acids is 1. The molecule has 2 N–H and O–H groups in total. The molecule has 1 aliphatic carbocycles. The molecule has 158 valence electrons. The predicted octanol–water partition coefficient (Wildman–Crippen LogP) is 2.97. The van der Waals surface area contributed by atoms with Crippen molar-refractivity contribution in [2.75, 3.05) is 26.0 Å². The number of terminal acetylenes is 1. The number of nitrogens with zero attached hydrogens (tertiary/aromatic N) is 4. The predicted molar refractivity (Wildman–Crippen MR) is 120 cm³/mol. The summed E-state index contributed by atoms with van der Waals surface area (Å²) in [6, 6.07) is 8.29. The van der Waals surface area contributed by atoms with Gasteiger partial charge in [-0.05, 0) is 43.0 Å². The molecule has 1 aliphatic rings. The topological polar surface area (TPSA) is 92.9 Å². The van der Waals surface area contributed by atoms with Crippen LogP contribution in [0.3, 0.4) is 0 Å². The van der Waals surface area contributed by atoms with Crippen molar-refractivity contribution in [2.45, 2.75) is 18.9 Å². The summed E-state index contributed by atoms with van der Waals surface area (Å²) in [5.74, 6) is 3.13. The van der Waals surface area contributed by atoms with Crippen molar-refractivity contribution in [2.24, 2.45) is 10.9 Å². The Hall–Kier alpha value is -3.86. The van der Waals surface area contributed by atoms with Crippen LogP contribution in [-0.4, -0.2) is 53.6 Å². The molecule has 3 aromatic heterocycles. The molecule has 1 amide bonds. The van der Waals surface area contributed by atoms with E-state index in [0.717, 1.165) is 46.6 Å². The Morgan fingerprint density at radius 2 is 2.23 bits per heavy atom. The number of anilines is 1. The number of fused-ring (bicyclic) bond motifs is 1. The van der Waals surface area contributed by atoms with Gasteiger partial charge in [-0.15, -0.1) is 6.42 Å². The van der Waals surface area contributed by atoms with Crippen LogP contribution in [0.2, 0.25) is 0 Å². The molecule has 0 bridgehead atoms. The van der Waals surface area contributed by atoms with Crippen LogP contribution in [0.4, 0.5) is 10.5 Å². The summed E-state index contributed by atoms with van der Waals surface area (Å²) in [4.78, 5) is 19.8. The summed E-state index contributed by atoms with van der Waals surface area (Å²) in [6.07, 6.45) is 12.4. The van der Waals surface area contributed by atoms with E-state index in [1.807, 2.05) is 28.8 Å². The molecule has 4 rings (SSSR count). The maximum absolute atomic E-state index is 11.2. The minimum absolute atomic E-state index is 0.296. The number of aliphatic imine (C=N–C) groups is 1. The van der Waals surface area contributed by atoms with Gasteiger partial charge in [0.15, 0.2) is 0 Å². The van der Waals surface area contributed by atoms with Crippen molar-refractivity contribution in [1.82, 2.24) is 19.9 Å². The van der Waals surface area contributed by atoms with Crippen molar-refractivity contribution in [3.63, 3.8) is 0 Å². The zero-order valence-corrected chi connectivity index (χ0v) is 17.5. The average molecular weight is 416 g/mol. The Morgan fingerprint density at radius 3 is 2.97 bits per heavy atom. The Labute approximate surface area is 180 Å². The minimum Gasteiger partial charge on any atom is -0.453 e. The quantitative estimate of drug-likeness (QED) is 0.476. The third kappa shape index (κ3) is 4.36. The maximum atomic E-state index is 11.2. The number of alkyl carbamates (subject to hydrolysis) is 1. The average Bonchev–Trinajstić information content (AvgIpc) is 3.18. The molecule has 0 saturated heterocycles. The normalized spacial score (nSPS) is 17.8. The number of hydrogen-bond acceptors (Lipinski definition) is 6. The number of aromatic nitrogens is 3. The zero-order chi connectivity index (χ0) is 21.8. The Kier molecular flexibility index (Phi) is 5.85.